The van der Waals surface area contributed by atoms with Gasteiger partial charge in [-0.2, -0.15) is 4.31 Å². The smallest absolute Gasteiger partial charge is 0.243 e. The largest absolute Gasteiger partial charge is 0.493 e. The molecule has 8 heteroatoms. The van der Waals surface area contributed by atoms with Crippen molar-refractivity contribution in [2.24, 2.45) is 0 Å². The highest BCUT2D eigenvalue weighted by atomic mass is 32.2. The van der Waals surface area contributed by atoms with E-state index in [-0.39, 0.29) is 10.8 Å². The van der Waals surface area contributed by atoms with Crippen LogP contribution in [0.1, 0.15) is 19.8 Å². The lowest BCUT2D eigenvalue weighted by molar-refractivity contribution is -0.130. The van der Waals surface area contributed by atoms with Crippen LogP contribution in [-0.2, 0) is 14.8 Å². The van der Waals surface area contributed by atoms with Gasteiger partial charge in [-0.05, 0) is 18.6 Å². The van der Waals surface area contributed by atoms with Crippen molar-refractivity contribution in [1.29, 1.82) is 0 Å². The highest BCUT2D eigenvalue weighted by molar-refractivity contribution is 7.89. The van der Waals surface area contributed by atoms with Gasteiger partial charge in [-0.1, -0.05) is 6.92 Å². The van der Waals surface area contributed by atoms with Crippen molar-refractivity contribution in [1.82, 2.24) is 9.21 Å². The molecule has 1 heterocycles. The first-order valence-corrected chi connectivity index (χ1v) is 9.38. The monoisotopic (exact) mass is 356 g/mol. The molecule has 0 aliphatic carbocycles. The van der Waals surface area contributed by atoms with E-state index in [1.807, 2.05) is 6.92 Å². The topological polar surface area (TPSA) is 76.2 Å². The molecule has 1 saturated heterocycles. The summed E-state index contributed by atoms with van der Waals surface area (Å²) in [7, 11) is -0.672. The molecule has 1 aliphatic rings. The summed E-state index contributed by atoms with van der Waals surface area (Å²) in [6.45, 7) is 3.50. The Bertz CT molecular complexity index is 690. The van der Waals surface area contributed by atoms with Crippen LogP contribution >= 0.6 is 0 Å². The number of sulfonamides is 1. The Labute approximate surface area is 143 Å². The lowest BCUT2D eigenvalue weighted by Crippen LogP contribution is -2.37. The predicted octanol–water partition coefficient (Wildman–Crippen LogP) is 1.34. The number of carbonyl (C=O) groups is 1. The van der Waals surface area contributed by atoms with Gasteiger partial charge in [0.2, 0.25) is 15.9 Å². The second-order valence-corrected chi connectivity index (χ2v) is 7.45. The molecule has 134 valence electrons. The number of rotatable bonds is 5. The Morgan fingerprint density at radius 3 is 2.42 bits per heavy atom. The standard InChI is InChI=1S/C16H24N2O5S/c1-4-16(19)17-8-5-9-18(11-10-17)24(20,21)13-6-7-14(22-2)15(12-13)23-3/h6-7,12H,4-5,8-11H2,1-3H3. The minimum absolute atomic E-state index is 0.0559. The van der Waals surface area contributed by atoms with Gasteiger partial charge in [0.25, 0.3) is 0 Å². The first-order chi connectivity index (χ1) is 11.4. The molecule has 1 aromatic carbocycles. The third kappa shape index (κ3) is 3.81. The SMILES string of the molecule is CCC(=O)N1CCCN(S(=O)(=O)c2ccc(OC)c(OC)c2)CC1. The molecule has 0 atom stereocenters. The Balaban J connectivity index is 2.22. The molecule has 0 spiro atoms. The summed E-state index contributed by atoms with van der Waals surface area (Å²) in [4.78, 5) is 13.7. The van der Waals surface area contributed by atoms with Crippen molar-refractivity contribution in [3.63, 3.8) is 0 Å². The summed E-state index contributed by atoms with van der Waals surface area (Å²) < 4.78 is 37.5. The van der Waals surface area contributed by atoms with E-state index in [9.17, 15) is 13.2 Å². The number of carbonyl (C=O) groups excluding carboxylic acids is 1. The van der Waals surface area contributed by atoms with Gasteiger partial charge in [-0.15, -0.1) is 0 Å². The first-order valence-electron chi connectivity index (χ1n) is 7.94. The van der Waals surface area contributed by atoms with Gasteiger partial charge in [0.05, 0.1) is 19.1 Å². The van der Waals surface area contributed by atoms with E-state index in [0.29, 0.717) is 50.5 Å². The summed E-state index contributed by atoms with van der Waals surface area (Å²) >= 11 is 0. The summed E-state index contributed by atoms with van der Waals surface area (Å²) in [5.74, 6) is 0.906. The fourth-order valence-corrected chi connectivity index (χ4v) is 4.22. The van der Waals surface area contributed by atoms with E-state index in [2.05, 4.69) is 0 Å². The van der Waals surface area contributed by atoms with E-state index >= 15 is 0 Å². The molecule has 1 fully saturated rings. The molecule has 1 aromatic rings. The molecule has 1 aliphatic heterocycles. The lowest BCUT2D eigenvalue weighted by atomic mass is 10.3. The maximum absolute atomic E-state index is 12.9. The van der Waals surface area contributed by atoms with Crippen LogP contribution in [0.5, 0.6) is 11.5 Å². The Morgan fingerprint density at radius 2 is 1.79 bits per heavy atom. The van der Waals surface area contributed by atoms with E-state index in [1.165, 1.54) is 30.7 Å². The van der Waals surface area contributed by atoms with Crippen molar-refractivity contribution in [2.75, 3.05) is 40.4 Å². The molecular weight excluding hydrogens is 332 g/mol. The summed E-state index contributed by atoms with van der Waals surface area (Å²) in [5, 5.41) is 0. The maximum Gasteiger partial charge on any atom is 0.243 e. The molecule has 1 amide bonds. The molecule has 24 heavy (non-hydrogen) atoms. The van der Waals surface area contributed by atoms with E-state index in [4.69, 9.17) is 9.47 Å². The molecule has 7 nitrogen and oxygen atoms in total. The third-order valence-electron chi connectivity index (χ3n) is 4.10. The molecule has 0 radical (unpaired) electrons. The average Bonchev–Trinajstić information content (AvgIpc) is 2.87. The zero-order chi connectivity index (χ0) is 17.7. The maximum atomic E-state index is 12.9. The van der Waals surface area contributed by atoms with Gasteiger partial charge < -0.3 is 14.4 Å². The normalized spacial score (nSPS) is 16.5. The third-order valence-corrected chi connectivity index (χ3v) is 6.00. The van der Waals surface area contributed by atoms with Crippen LogP contribution in [0.4, 0.5) is 0 Å². The minimum Gasteiger partial charge on any atom is -0.493 e. The summed E-state index contributed by atoms with van der Waals surface area (Å²) in [6, 6.07) is 4.56. The summed E-state index contributed by atoms with van der Waals surface area (Å²) in [6.07, 6.45) is 1.06. The zero-order valence-electron chi connectivity index (χ0n) is 14.3. The number of ether oxygens (including phenoxy) is 2. The highest BCUT2D eigenvalue weighted by Gasteiger charge is 2.28. The van der Waals surface area contributed by atoms with Gasteiger partial charge in [0, 0.05) is 38.7 Å². The number of hydrogen-bond donors (Lipinski definition) is 0. The van der Waals surface area contributed by atoms with E-state index in [0.717, 1.165) is 0 Å². The van der Waals surface area contributed by atoms with Crippen LogP contribution in [0.2, 0.25) is 0 Å². The van der Waals surface area contributed by atoms with Crippen molar-refractivity contribution in [3.8, 4) is 11.5 Å². The van der Waals surface area contributed by atoms with Crippen molar-refractivity contribution in [3.05, 3.63) is 18.2 Å². The van der Waals surface area contributed by atoms with E-state index in [1.54, 1.807) is 11.0 Å². The highest BCUT2D eigenvalue weighted by Crippen LogP contribution is 2.30. The van der Waals surface area contributed by atoms with Crippen LogP contribution < -0.4 is 9.47 Å². The fraction of sp³-hybridized carbons (Fsp3) is 0.562. The van der Waals surface area contributed by atoms with Gasteiger partial charge in [0.1, 0.15) is 0 Å². The van der Waals surface area contributed by atoms with Crippen LogP contribution in [0.3, 0.4) is 0 Å². The lowest BCUT2D eigenvalue weighted by Gasteiger charge is -2.22. The molecule has 0 saturated carbocycles. The quantitative estimate of drug-likeness (QED) is 0.796. The van der Waals surface area contributed by atoms with Crippen LogP contribution in [0, 0.1) is 0 Å². The van der Waals surface area contributed by atoms with Crippen molar-refractivity contribution in [2.45, 2.75) is 24.7 Å². The first kappa shape index (κ1) is 18.5. The fourth-order valence-electron chi connectivity index (χ4n) is 2.73. The molecule has 0 N–H and O–H groups in total. The summed E-state index contributed by atoms with van der Waals surface area (Å²) in [5.41, 5.74) is 0. The zero-order valence-corrected chi connectivity index (χ0v) is 15.1. The molecule has 2 rings (SSSR count). The second kappa shape index (κ2) is 7.85. The second-order valence-electron chi connectivity index (χ2n) is 5.51. The molecular formula is C16H24N2O5S. The Morgan fingerprint density at radius 1 is 1.08 bits per heavy atom. The van der Waals surface area contributed by atoms with E-state index < -0.39 is 10.0 Å². The van der Waals surface area contributed by atoms with Crippen molar-refractivity contribution >= 4 is 15.9 Å². The van der Waals surface area contributed by atoms with Gasteiger partial charge in [-0.3, -0.25) is 4.79 Å². The van der Waals surface area contributed by atoms with Gasteiger partial charge in [-0.25, -0.2) is 8.42 Å². The van der Waals surface area contributed by atoms with Crippen LogP contribution in [0.25, 0.3) is 0 Å². The van der Waals surface area contributed by atoms with Crippen LogP contribution in [-0.4, -0.2) is 63.9 Å². The number of methoxy groups -OCH3 is 2. The molecule has 0 aromatic heterocycles. The van der Waals surface area contributed by atoms with Gasteiger partial charge >= 0.3 is 0 Å². The number of amides is 1. The number of nitrogens with zero attached hydrogens (tertiary/aromatic N) is 2. The number of hydrogen-bond acceptors (Lipinski definition) is 5. The van der Waals surface area contributed by atoms with Crippen molar-refractivity contribution < 1.29 is 22.7 Å². The Kier molecular flexibility index (Phi) is 6.06. The minimum atomic E-state index is -3.64. The molecule has 0 bridgehead atoms. The van der Waals surface area contributed by atoms with Crippen LogP contribution in [0.15, 0.2) is 23.1 Å². The predicted molar refractivity (Wildman–Crippen MR) is 89.8 cm³/mol. The average molecular weight is 356 g/mol. The van der Waals surface area contributed by atoms with Gasteiger partial charge in [0.15, 0.2) is 11.5 Å². The molecule has 0 unspecified atom stereocenters. The Hall–Kier alpha value is -1.80. The number of benzene rings is 1.